The van der Waals surface area contributed by atoms with Crippen LogP contribution in [0.2, 0.25) is 10.0 Å². The Morgan fingerprint density at radius 1 is 1.43 bits per heavy atom. The maximum absolute atomic E-state index is 12.1. The number of carbonyl (C=O) groups is 1. The van der Waals surface area contributed by atoms with Gasteiger partial charge < -0.3 is 15.8 Å². The molecular weight excluding hydrogens is 311 g/mol. The van der Waals surface area contributed by atoms with Gasteiger partial charge in [-0.25, -0.2) is 0 Å². The number of rotatable bonds is 5. The standard InChI is InChI=1S/C15H20Cl2N2O2/c1-9(21-8-10-4-2-3-5-10)15(20)19-14-12(17)6-11(16)7-13(14)18/h6-7,9-10H,2-5,8,18H2,1H3,(H,19,20). The highest BCUT2D eigenvalue weighted by atomic mass is 35.5. The lowest BCUT2D eigenvalue weighted by Gasteiger charge is -2.17. The van der Waals surface area contributed by atoms with Crippen LogP contribution in [0.5, 0.6) is 0 Å². The highest BCUT2D eigenvalue weighted by molar-refractivity contribution is 6.37. The second kappa shape index (κ2) is 7.34. The normalized spacial score (nSPS) is 16.9. The monoisotopic (exact) mass is 330 g/mol. The first-order chi connectivity index (χ1) is 9.97. The van der Waals surface area contributed by atoms with Crippen LogP contribution in [-0.4, -0.2) is 18.6 Å². The minimum Gasteiger partial charge on any atom is -0.397 e. The quantitative estimate of drug-likeness (QED) is 0.798. The maximum atomic E-state index is 12.1. The van der Waals surface area contributed by atoms with E-state index in [-0.39, 0.29) is 5.91 Å². The molecule has 1 aliphatic carbocycles. The molecule has 4 nitrogen and oxygen atoms in total. The first-order valence-electron chi connectivity index (χ1n) is 7.14. The van der Waals surface area contributed by atoms with Crippen LogP contribution in [0.15, 0.2) is 12.1 Å². The maximum Gasteiger partial charge on any atom is 0.253 e. The van der Waals surface area contributed by atoms with Crippen molar-refractivity contribution in [2.45, 2.75) is 38.7 Å². The van der Waals surface area contributed by atoms with Crippen LogP contribution in [0.25, 0.3) is 0 Å². The molecule has 1 atom stereocenters. The van der Waals surface area contributed by atoms with Crippen molar-refractivity contribution in [2.75, 3.05) is 17.7 Å². The van der Waals surface area contributed by atoms with Crippen LogP contribution in [0.1, 0.15) is 32.6 Å². The van der Waals surface area contributed by atoms with Crippen molar-refractivity contribution in [3.8, 4) is 0 Å². The topological polar surface area (TPSA) is 64.3 Å². The first-order valence-corrected chi connectivity index (χ1v) is 7.90. The zero-order valence-corrected chi connectivity index (χ0v) is 13.5. The van der Waals surface area contributed by atoms with Crippen LogP contribution in [-0.2, 0) is 9.53 Å². The second-order valence-electron chi connectivity index (χ2n) is 5.47. The Kier molecular flexibility index (Phi) is 5.73. The van der Waals surface area contributed by atoms with E-state index in [1.165, 1.54) is 25.7 Å². The SMILES string of the molecule is CC(OCC1CCCC1)C(=O)Nc1c(N)cc(Cl)cc1Cl. The number of nitrogens with one attached hydrogen (secondary N) is 1. The third-order valence-corrected chi connectivity index (χ3v) is 4.28. The molecule has 1 amide bonds. The number of ether oxygens (including phenoxy) is 1. The predicted molar refractivity (Wildman–Crippen MR) is 86.9 cm³/mol. The van der Waals surface area contributed by atoms with Gasteiger partial charge in [0.25, 0.3) is 5.91 Å². The number of anilines is 2. The van der Waals surface area contributed by atoms with Crippen LogP contribution in [0.3, 0.4) is 0 Å². The van der Waals surface area contributed by atoms with Gasteiger partial charge in [0.05, 0.1) is 23.0 Å². The van der Waals surface area contributed by atoms with E-state index >= 15 is 0 Å². The van der Waals surface area contributed by atoms with Crippen LogP contribution in [0.4, 0.5) is 11.4 Å². The average molecular weight is 331 g/mol. The molecule has 0 aliphatic heterocycles. The smallest absolute Gasteiger partial charge is 0.253 e. The molecule has 1 aromatic carbocycles. The fraction of sp³-hybridized carbons (Fsp3) is 0.533. The summed E-state index contributed by atoms with van der Waals surface area (Å²) >= 11 is 11.9. The molecule has 2 rings (SSSR count). The summed E-state index contributed by atoms with van der Waals surface area (Å²) in [5, 5.41) is 3.45. The predicted octanol–water partition coefficient (Wildman–Crippen LogP) is 4.11. The molecule has 6 heteroatoms. The molecule has 0 aromatic heterocycles. The molecule has 0 heterocycles. The van der Waals surface area contributed by atoms with E-state index in [0.717, 1.165) is 0 Å². The van der Waals surface area contributed by atoms with Crippen LogP contribution >= 0.6 is 23.2 Å². The number of halogens is 2. The van der Waals surface area contributed by atoms with Crippen molar-refractivity contribution >= 4 is 40.5 Å². The number of benzene rings is 1. The van der Waals surface area contributed by atoms with Crippen molar-refractivity contribution in [2.24, 2.45) is 5.92 Å². The van der Waals surface area contributed by atoms with E-state index in [9.17, 15) is 4.79 Å². The summed E-state index contributed by atoms with van der Waals surface area (Å²) in [6, 6.07) is 3.09. The van der Waals surface area contributed by atoms with Gasteiger partial charge in [-0.3, -0.25) is 4.79 Å². The van der Waals surface area contributed by atoms with Gasteiger partial charge in [-0.05, 0) is 37.8 Å². The highest BCUT2D eigenvalue weighted by Crippen LogP contribution is 2.32. The zero-order chi connectivity index (χ0) is 15.4. The van der Waals surface area contributed by atoms with E-state index in [0.29, 0.717) is 33.9 Å². The largest absolute Gasteiger partial charge is 0.397 e. The van der Waals surface area contributed by atoms with Gasteiger partial charge in [-0.15, -0.1) is 0 Å². The molecule has 0 saturated heterocycles. The lowest BCUT2D eigenvalue weighted by atomic mass is 10.1. The van der Waals surface area contributed by atoms with Crippen molar-refractivity contribution in [1.29, 1.82) is 0 Å². The molecular formula is C15H20Cl2N2O2. The summed E-state index contributed by atoms with van der Waals surface area (Å²) in [5.74, 6) is 0.313. The van der Waals surface area contributed by atoms with Crippen molar-refractivity contribution in [3.05, 3.63) is 22.2 Å². The Morgan fingerprint density at radius 2 is 2.10 bits per heavy atom. The van der Waals surface area contributed by atoms with Crippen molar-refractivity contribution in [3.63, 3.8) is 0 Å². The third-order valence-electron chi connectivity index (χ3n) is 3.76. The Hall–Kier alpha value is -0.970. The Labute approximate surface area is 134 Å². The van der Waals surface area contributed by atoms with Gasteiger partial charge in [-0.1, -0.05) is 36.0 Å². The van der Waals surface area contributed by atoms with Gasteiger partial charge in [0, 0.05) is 5.02 Å². The number of amides is 1. The molecule has 3 N–H and O–H groups in total. The third kappa shape index (κ3) is 4.50. The number of nitrogen functional groups attached to an aromatic ring is 1. The minimum atomic E-state index is -0.545. The average Bonchev–Trinajstić information content (AvgIpc) is 2.93. The molecule has 1 unspecified atom stereocenters. The molecule has 1 aromatic rings. The Bertz CT molecular complexity index is 493. The van der Waals surface area contributed by atoms with Gasteiger partial charge in [-0.2, -0.15) is 0 Å². The van der Waals surface area contributed by atoms with E-state index < -0.39 is 6.10 Å². The Morgan fingerprint density at radius 3 is 2.71 bits per heavy atom. The number of carbonyl (C=O) groups excluding carboxylic acids is 1. The summed E-state index contributed by atoms with van der Waals surface area (Å²) in [6.07, 6.45) is 4.34. The van der Waals surface area contributed by atoms with Crippen molar-refractivity contribution in [1.82, 2.24) is 0 Å². The number of hydrogen-bond donors (Lipinski definition) is 2. The molecule has 0 spiro atoms. The fourth-order valence-corrected chi connectivity index (χ4v) is 3.04. The van der Waals surface area contributed by atoms with E-state index in [2.05, 4.69) is 5.32 Å². The van der Waals surface area contributed by atoms with E-state index in [1.54, 1.807) is 19.1 Å². The van der Waals surface area contributed by atoms with E-state index in [4.69, 9.17) is 33.7 Å². The first kappa shape index (κ1) is 16.4. The van der Waals surface area contributed by atoms with Gasteiger partial charge >= 0.3 is 0 Å². The Balaban J connectivity index is 1.91. The summed E-state index contributed by atoms with van der Waals surface area (Å²) in [4.78, 5) is 12.1. The van der Waals surface area contributed by atoms with E-state index in [1.807, 2.05) is 0 Å². The number of hydrogen-bond acceptors (Lipinski definition) is 3. The summed E-state index contributed by atoms with van der Waals surface area (Å²) in [7, 11) is 0. The van der Waals surface area contributed by atoms with Crippen LogP contribution < -0.4 is 11.1 Å². The fourth-order valence-electron chi connectivity index (χ4n) is 2.48. The van der Waals surface area contributed by atoms with Gasteiger partial charge in [0.1, 0.15) is 6.10 Å². The van der Waals surface area contributed by atoms with Gasteiger partial charge in [0.2, 0.25) is 0 Å². The molecule has 116 valence electrons. The molecule has 1 saturated carbocycles. The molecule has 1 aliphatic rings. The molecule has 0 radical (unpaired) electrons. The summed E-state index contributed by atoms with van der Waals surface area (Å²) in [5.41, 5.74) is 6.53. The summed E-state index contributed by atoms with van der Waals surface area (Å²) < 4.78 is 5.64. The lowest BCUT2D eigenvalue weighted by molar-refractivity contribution is -0.127. The molecule has 21 heavy (non-hydrogen) atoms. The zero-order valence-electron chi connectivity index (χ0n) is 12.0. The highest BCUT2D eigenvalue weighted by Gasteiger charge is 2.20. The second-order valence-corrected chi connectivity index (χ2v) is 6.31. The van der Waals surface area contributed by atoms with Crippen molar-refractivity contribution < 1.29 is 9.53 Å². The lowest BCUT2D eigenvalue weighted by Crippen LogP contribution is -2.29. The van der Waals surface area contributed by atoms with Crippen LogP contribution in [0, 0.1) is 5.92 Å². The minimum absolute atomic E-state index is 0.260. The number of nitrogens with two attached hydrogens (primary N) is 1. The summed E-state index contributed by atoms with van der Waals surface area (Å²) in [6.45, 7) is 2.35. The molecule has 0 bridgehead atoms. The molecule has 1 fully saturated rings. The van der Waals surface area contributed by atoms with Gasteiger partial charge in [0.15, 0.2) is 0 Å².